The average Bonchev–Trinajstić information content (AvgIpc) is 2.69. The van der Waals surface area contributed by atoms with Gasteiger partial charge in [-0.25, -0.2) is 16.8 Å². The van der Waals surface area contributed by atoms with E-state index in [4.69, 9.17) is 16.3 Å². The third kappa shape index (κ3) is 5.36. The van der Waals surface area contributed by atoms with E-state index in [1.807, 2.05) is 22.6 Å². The lowest BCUT2D eigenvalue weighted by Gasteiger charge is -2.11. The maximum Gasteiger partial charge on any atom is 0.261 e. The maximum absolute atomic E-state index is 12.6. The van der Waals surface area contributed by atoms with Crippen LogP contribution in [0, 0.1) is 3.57 Å². The molecule has 3 aromatic carbocycles. The van der Waals surface area contributed by atoms with Crippen LogP contribution >= 0.6 is 34.2 Å². The Balaban J connectivity index is 1.78. The number of methoxy groups -OCH3 is 1. The molecule has 0 aliphatic rings. The maximum atomic E-state index is 12.6. The van der Waals surface area contributed by atoms with Crippen LogP contribution in [0.5, 0.6) is 5.75 Å². The summed E-state index contributed by atoms with van der Waals surface area (Å²) in [6.45, 7) is 0. The van der Waals surface area contributed by atoms with Crippen molar-refractivity contribution in [3.05, 3.63) is 75.3 Å². The fourth-order valence-corrected chi connectivity index (χ4v) is 5.68. The lowest BCUT2D eigenvalue weighted by atomic mass is 10.3. The minimum absolute atomic E-state index is 0.0145. The highest BCUT2D eigenvalue weighted by molar-refractivity contribution is 14.1. The first-order chi connectivity index (χ1) is 14.1. The molecular weight excluding hydrogens is 563 g/mol. The topological polar surface area (TPSA) is 102 Å². The zero-order chi connectivity index (χ0) is 21.9. The van der Waals surface area contributed by atoms with E-state index in [0.29, 0.717) is 20.0 Å². The first kappa shape index (κ1) is 22.7. The minimum Gasteiger partial charge on any atom is -0.496 e. The lowest BCUT2D eigenvalue weighted by molar-refractivity contribution is 0.411. The van der Waals surface area contributed by atoms with Crippen LogP contribution in [0.25, 0.3) is 0 Å². The minimum atomic E-state index is -3.85. The van der Waals surface area contributed by atoms with Gasteiger partial charge in [0.15, 0.2) is 0 Å². The summed E-state index contributed by atoms with van der Waals surface area (Å²) >= 11 is 7.78. The molecule has 0 spiro atoms. The van der Waals surface area contributed by atoms with Gasteiger partial charge in [0.2, 0.25) is 0 Å². The molecule has 0 bridgehead atoms. The van der Waals surface area contributed by atoms with Crippen LogP contribution in [-0.4, -0.2) is 23.9 Å². The molecule has 3 rings (SSSR count). The Morgan fingerprint density at radius 2 is 1.23 bits per heavy atom. The number of anilines is 2. The van der Waals surface area contributed by atoms with Crippen molar-refractivity contribution in [3.63, 3.8) is 0 Å². The van der Waals surface area contributed by atoms with Crippen LogP contribution in [0.15, 0.2) is 76.5 Å². The number of nitrogens with one attached hydrogen (secondary N) is 2. The molecule has 0 atom stereocenters. The highest BCUT2D eigenvalue weighted by Gasteiger charge is 2.18. The number of hydrogen-bond donors (Lipinski definition) is 2. The summed E-state index contributed by atoms with van der Waals surface area (Å²) in [4.78, 5) is 0.0493. The van der Waals surface area contributed by atoms with Crippen LogP contribution in [-0.2, 0) is 20.0 Å². The molecule has 0 aliphatic carbocycles. The molecule has 0 amide bonds. The zero-order valence-corrected chi connectivity index (χ0v) is 20.0. The Labute approximate surface area is 193 Å². The third-order valence-corrected chi connectivity index (χ3v) is 7.82. The Hall–Kier alpha value is -2.02. The molecule has 2 N–H and O–H groups in total. The van der Waals surface area contributed by atoms with Gasteiger partial charge in [-0.3, -0.25) is 9.44 Å². The van der Waals surface area contributed by atoms with E-state index in [-0.39, 0.29) is 15.5 Å². The number of halogens is 2. The predicted octanol–water partition coefficient (Wildman–Crippen LogP) is 4.55. The standard InChI is InChI=1S/C19H16ClIN2O5S2/c1-28-19-11-10-17(12-18(19)21)30(26,27)23-15-6-8-16(9-7-15)29(24,25)22-14-4-2-13(20)3-5-14/h2-12,22-23H,1H3. The smallest absolute Gasteiger partial charge is 0.261 e. The van der Waals surface area contributed by atoms with Crippen molar-refractivity contribution in [2.24, 2.45) is 0 Å². The van der Waals surface area contributed by atoms with Gasteiger partial charge >= 0.3 is 0 Å². The van der Waals surface area contributed by atoms with E-state index in [9.17, 15) is 16.8 Å². The number of ether oxygens (including phenoxy) is 1. The first-order valence-corrected chi connectivity index (χ1v) is 12.8. The highest BCUT2D eigenvalue weighted by atomic mass is 127. The average molecular weight is 579 g/mol. The summed E-state index contributed by atoms with van der Waals surface area (Å²) in [6, 6.07) is 16.1. The van der Waals surface area contributed by atoms with Gasteiger partial charge in [-0.2, -0.15) is 0 Å². The second-order valence-electron chi connectivity index (χ2n) is 6.04. The number of hydrogen-bond acceptors (Lipinski definition) is 5. The Morgan fingerprint density at radius 3 is 1.73 bits per heavy atom. The van der Waals surface area contributed by atoms with Crippen molar-refractivity contribution >= 4 is 65.6 Å². The molecule has 0 aromatic heterocycles. The Bertz CT molecular complexity index is 1260. The Morgan fingerprint density at radius 1 is 0.767 bits per heavy atom. The predicted molar refractivity (Wildman–Crippen MR) is 125 cm³/mol. The second kappa shape index (κ2) is 9.00. The molecule has 0 aliphatic heterocycles. The largest absolute Gasteiger partial charge is 0.496 e. The number of sulfonamides is 2. The van der Waals surface area contributed by atoms with Crippen molar-refractivity contribution in [1.82, 2.24) is 0 Å². The van der Waals surface area contributed by atoms with Crippen LogP contribution in [0.2, 0.25) is 5.02 Å². The van der Waals surface area contributed by atoms with E-state index in [1.165, 1.54) is 43.5 Å². The summed E-state index contributed by atoms with van der Waals surface area (Å²) in [5.74, 6) is 0.567. The van der Waals surface area contributed by atoms with Gasteiger partial charge in [0.1, 0.15) is 5.75 Å². The van der Waals surface area contributed by atoms with Gasteiger partial charge in [-0.05, 0) is 89.3 Å². The van der Waals surface area contributed by atoms with Gasteiger partial charge in [0.05, 0.1) is 20.5 Å². The molecule has 0 fully saturated rings. The van der Waals surface area contributed by atoms with Crippen LogP contribution in [0.3, 0.4) is 0 Å². The summed E-state index contributed by atoms with van der Waals surface area (Å²) in [6.07, 6.45) is 0. The molecule has 7 nitrogen and oxygen atoms in total. The van der Waals surface area contributed by atoms with Crippen LogP contribution in [0.1, 0.15) is 0 Å². The summed E-state index contributed by atoms with van der Waals surface area (Å²) in [5, 5.41) is 0.487. The van der Waals surface area contributed by atoms with Gasteiger partial charge in [-0.15, -0.1) is 0 Å². The van der Waals surface area contributed by atoms with Crippen molar-refractivity contribution in [1.29, 1.82) is 0 Å². The SMILES string of the molecule is COc1ccc(S(=O)(=O)Nc2ccc(S(=O)(=O)Nc3ccc(Cl)cc3)cc2)cc1I. The summed E-state index contributed by atoms with van der Waals surface area (Å²) < 4.78 is 60.9. The lowest BCUT2D eigenvalue weighted by Crippen LogP contribution is -2.14. The molecule has 0 unspecified atom stereocenters. The third-order valence-electron chi connectivity index (χ3n) is 3.95. The van der Waals surface area contributed by atoms with Crippen LogP contribution in [0.4, 0.5) is 11.4 Å². The van der Waals surface area contributed by atoms with E-state index in [0.717, 1.165) is 0 Å². The van der Waals surface area contributed by atoms with Gasteiger partial charge in [0, 0.05) is 16.4 Å². The van der Waals surface area contributed by atoms with Gasteiger partial charge in [-0.1, -0.05) is 11.6 Å². The molecule has 158 valence electrons. The molecule has 0 heterocycles. The molecular formula is C19H16ClIN2O5S2. The van der Waals surface area contributed by atoms with E-state index in [1.54, 1.807) is 30.3 Å². The highest BCUT2D eigenvalue weighted by Crippen LogP contribution is 2.26. The first-order valence-electron chi connectivity index (χ1n) is 8.35. The van der Waals surface area contributed by atoms with Gasteiger partial charge in [0.25, 0.3) is 20.0 Å². The molecule has 30 heavy (non-hydrogen) atoms. The monoisotopic (exact) mass is 578 g/mol. The normalized spacial score (nSPS) is 11.7. The molecule has 11 heteroatoms. The van der Waals surface area contributed by atoms with Crippen molar-refractivity contribution in [3.8, 4) is 5.75 Å². The molecule has 3 aromatic rings. The Kier molecular flexibility index (Phi) is 6.80. The quantitative estimate of drug-likeness (QED) is 0.401. The van der Waals surface area contributed by atoms with Crippen molar-refractivity contribution < 1.29 is 21.6 Å². The zero-order valence-electron chi connectivity index (χ0n) is 15.5. The van der Waals surface area contributed by atoms with E-state index >= 15 is 0 Å². The van der Waals surface area contributed by atoms with E-state index in [2.05, 4.69) is 9.44 Å². The molecule has 0 radical (unpaired) electrons. The summed E-state index contributed by atoms with van der Waals surface area (Å²) in [7, 11) is -6.19. The summed E-state index contributed by atoms with van der Waals surface area (Å²) in [5.41, 5.74) is 0.588. The van der Waals surface area contributed by atoms with Crippen LogP contribution < -0.4 is 14.2 Å². The fraction of sp³-hybridized carbons (Fsp3) is 0.0526. The molecule has 0 saturated carbocycles. The second-order valence-corrected chi connectivity index (χ2v) is 11.0. The number of rotatable bonds is 7. The van der Waals surface area contributed by atoms with E-state index < -0.39 is 20.0 Å². The van der Waals surface area contributed by atoms with Crippen molar-refractivity contribution in [2.75, 3.05) is 16.6 Å². The van der Waals surface area contributed by atoms with Crippen molar-refractivity contribution in [2.45, 2.75) is 9.79 Å². The number of benzene rings is 3. The molecule has 0 saturated heterocycles. The van der Waals surface area contributed by atoms with Gasteiger partial charge < -0.3 is 4.74 Å². The fourth-order valence-electron chi connectivity index (χ4n) is 2.46.